The first kappa shape index (κ1) is 32.3. The number of carbonyl (C=O) groups is 1. The fourth-order valence-corrected chi connectivity index (χ4v) is 5.58. The fraction of sp³-hybridized carbons (Fsp3) is 0.467. The molecule has 4 heterocycles. The van der Waals surface area contributed by atoms with Gasteiger partial charge in [0.25, 0.3) is 5.91 Å². The zero-order valence-corrected chi connectivity index (χ0v) is 27.2. The maximum absolute atomic E-state index is 15.6. The monoisotopic (exact) mass is 701 g/mol. The number of nitrogens with zero attached hydrogens (tertiary/aromatic N) is 7. The van der Waals surface area contributed by atoms with Gasteiger partial charge in [0.15, 0.2) is 5.82 Å². The molecule has 2 N–H and O–H groups in total. The van der Waals surface area contributed by atoms with Crippen LogP contribution in [0.5, 0.6) is 0 Å². The van der Waals surface area contributed by atoms with Gasteiger partial charge < -0.3 is 15.5 Å². The second kappa shape index (κ2) is 13.3. The Bertz CT molecular complexity index is 1650. The summed E-state index contributed by atoms with van der Waals surface area (Å²) in [5.74, 6) is -0.315. The highest BCUT2D eigenvalue weighted by Crippen LogP contribution is 2.39. The quantitative estimate of drug-likeness (QED) is 0.345. The number of halogens is 2. The van der Waals surface area contributed by atoms with Gasteiger partial charge >= 0.3 is 5.69 Å². The van der Waals surface area contributed by atoms with E-state index in [0.717, 1.165) is 37.3 Å². The molecule has 0 atom stereocenters. The summed E-state index contributed by atoms with van der Waals surface area (Å²) < 4.78 is 17.1. The SMILES string of the molecule is CC.CCn1c2c3c(cc(CN4CCN(c5ccc(C(=O)NC6(CC#N)CC6)nc5C)CC4)c(F)c3nc1=O)NC=N2.I. The second-order valence-corrected chi connectivity index (χ2v) is 10.6. The highest BCUT2D eigenvalue weighted by atomic mass is 127. The second-order valence-electron chi connectivity index (χ2n) is 10.6. The Morgan fingerprint density at radius 3 is 2.53 bits per heavy atom. The number of amides is 1. The molecule has 11 nitrogen and oxygen atoms in total. The molecule has 0 unspecified atom stereocenters. The molecule has 2 aliphatic heterocycles. The Balaban J connectivity index is 0.00000138. The van der Waals surface area contributed by atoms with Crippen LogP contribution in [-0.2, 0) is 13.1 Å². The first-order chi connectivity index (χ1) is 20.3. The summed E-state index contributed by atoms with van der Waals surface area (Å²) in [7, 11) is 0. The molecule has 1 aromatic carbocycles. The largest absolute Gasteiger partial charge is 0.368 e. The van der Waals surface area contributed by atoms with E-state index in [-0.39, 0.29) is 35.4 Å². The summed E-state index contributed by atoms with van der Waals surface area (Å²) in [6, 6.07) is 7.58. The van der Waals surface area contributed by atoms with Crippen molar-refractivity contribution in [3.8, 4) is 6.07 Å². The molecule has 2 fully saturated rings. The topological polar surface area (TPSA) is 132 Å². The number of nitriles is 1. The molecule has 13 heteroatoms. The minimum Gasteiger partial charge on any atom is -0.368 e. The van der Waals surface area contributed by atoms with Crippen LogP contribution >= 0.6 is 24.0 Å². The zero-order valence-electron chi connectivity index (χ0n) is 24.9. The number of aryl methyl sites for hydroxylation is 1. The molecular weight excluding hydrogens is 664 g/mol. The number of piperazine rings is 1. The molecule has 0 bridgehead atoms. The maximum Gasteiger partial charge on any atom is 0.349 e. The summed E-state index contributed by atoms with van der Waals surface area (Å²) in [5.41, 5.74) is 2.38. The molecule has 0 spiro atoms. The molecule has 6 rings (SSSR count). The number of hydrogen-bond donors (Lipinski definition) is 2. The average Bonchev–Trinajstić information content (AvgIpc) is 3.75. The molecule has 3 aromatic rings. The summed E-state index contributed by atoms with van der Waals surface area (Å²) in [5, 5.41) is 15.6. The molecule has 3 aliphatic rings. The van der Waals surface area contributed by atoms with Crippen LogP contribution < -0.4 is 21.2 Å². The van der Waals surface area contributed by atoms with E-state index in [1.54, 1.807) is 12.1 Å². The highest BCUT2D eigenvalue weighted by Gasteiger charge is 2.44. The molecule has 1 aliphatic carbocycles. The van der Waals surface area contributed by atoms with E-state index in [4.69, 9.17) is 5.26 Å². The summed E-state index contributed by atoms with van der Waals surface area (Å²) in [6.07, 6.45) is 3.47. The number of aromatic nitrogens is 3. The predicted molar refractivity (Wildman–Crippen MR) is 176 cm³/mol. The molecule has 228 valence electrons. The van der Waals surface area contributed by atoms with Crippen LogP contribution in [0.4, 0.5) is 21.6 Å². The van der Waals surface area contributed by atoms with Gasteiger partial charge in [0.1, 0.15) is 17.0 Å². The van der Waals surface area contributed by atoms with E-state index in [9.17, 15) is 9.59 Å². The van der Waals surface area contributed by atoms with Crippen molar-refractivity contribution in [3.63, 3.8) is 0 Å². The normalized spacial score (nSPS) is 16.3. The molecule has 1 saturated carbocycles. The first-order valence-corrected chi connectivity index (χ1v) is 14.5. The van der Waals surface area contributed by atoms with Crippen LogP contribution in [0.25, 0.3) is 10.9 Å². The molecule has 1 amide bonds. The first-order valence-electron chi connectivity index (χ1n) is 14.5. The number of anilines is 2. The molecule has 1 saturated heterocycles. The summed E-state index contributed by atoms with van der Waals surface area (Å²) in [6.45, 7) is 11.3. The fourth-order valence-electron chi connectivity index (χ4n) is 5.58. The van der Waals surface area contributed by atoms with Crippen LogP contribution in [0.1, 0.15) is 61.8 Å². The average molecular weight is 702 g/mol. The minimum absolute atomic E-state index is 0. The number of carbonyl (C=O) groups excluding carboxylic acids is 1. The van der Waals surface area contributed by atoms with Gasteiger partial charge in [-0.1, -0.05) is 13.8 Å². The van der Waals surface area contributed by atoms with Gasteiger partial charge in [0.2, 0.25) is 0 Å². The van der Waals surface area contributed by atoms with E-state index >= 15 is 4.39 Å². The van der Waals surface area contributed by atoms with Crippen LogP contribution in [-0.4, -0.2) is 63.4 Å². The van der Waals surface area contributed by atoms with Crippen molar-refractivity contribution in [1.82, 2.24) is 24.8 Å². The van der Waals surface area contributed by atoms with Gasteiger partial charge in [-0.3, -0.25) is 14.3 Å². The Morgan fingerprint density at radius 2 is 1.91 bits per heavy atom. The number of pyridine rings is 1. The number of aliphatic imine (C=N–C) groups is 1. The van der Waals surface area contributed by atoms with Crippen LogP contribution in [0.15, 0.2) is 28.0 Å². The standard InChI is InChI=1S/C28H30FN9O2.C2H6.HI/c1-3-38-25-22-20(31-16-32-25)14-18(23(29)24(22)34-27(38)40)15-36-10-12-37(13-11-36)21-5-4-19(33-17(21)2)26(39)35-28(6-7-28)8-9-30;1-2;/h4-5,14,16H,3,6-8,10-13,15H2,1-2H3,(H,31,32)(H,35,39);1-2H3;1H. The summed E-state index contributed by atoms with van der Waals surface area (Å²) >= 11 is 0. The van der Waals surface area contributed by atoms with Gasteiger partial charge in [0.05, 0.1) is 46.8 Å². The third-order valence-electron chi connectivity index (χ3n) is 8.00. The molecular formula is C30H37FIN9O2. The van der Waals surface area contributed by atoms with Crippen molar-refractivity contribution >= 4 is 64.3 Å². The summed E-state index contributed by atoms with van der Waals surface area (Å²) in [4.78, 5) is 42.5. The number of benzene rings is 1. The molecule has 0 radical (unpaired) electrons. The van der Waals surface area contributed by atoms with Crippen molar-refractivity contribution in [2.75, 3.05) is 36.4 Å². The lowest BCUT2D eigenvalue weighted by Gasteiger charge is -2.36. The molecule has 43 heavy (non-hydrogen) atoms. The predicted octanol–water partition coefficient (Wildman–Crippen LogP) is 4.49. The Morgan fingerprint density at radius 1 is 1.19 bits per heavy atom. The lowest BCUT2D eigenvalue weighted by Crippen LogP contribution is -2.46. The van der Waals surface area contributed by atoms with E-state index in [1.807, 2.05) is 33.8 Å². The highest BCUT2D eigenvalue weighted by molar-refractivity contribution is 14.0. The van der Waals surface area contributed by atoms with Crippen molar-refractivity contribution < 1.29 is 9.18 Å². The lowest BCUT2D eigenvalue weighted by atomic mass is 10.1. The Kier molecular flexibility index (Phi) is 10.0. The van der Waals surface area contributed by atoms with Crippen LogP contribution in [0.3, 0.4) is 0 Å². The third kappa shape index (κ3) is 6.35. The lowest BCUT2D eigenvalue weighted by molar-refractivity contribution is 0.0927. The van der Waals surface area contributed by atoms with E-state index in [1.165, 1.54) is 10.9 Å². The van der Waals surface area contributed by atoms with Gasteiger partial charge in [-0.05, 0) is 44.9 Å². The van der Waals surface area contributed by atoms with Gasteiger partial charge in [-0.2, -0.15) is 10.2 Å². The zero-order chi connectivity index (χ0) is 30.0. The number of nitrogens with one attached hydrogen (secondary N) is 2. The van der Waals surface area contributed by atoms with Gasteiger partial charge in [-0.15, -0.1) is 24.0 Å². The maximum atomic E-state index is 15.6. The van der Waals surface area contributed by atoms with Gasteiger partial charge in [-0.25, -0.2) is 19.2 Å². The van der Waals surface area contributed by atoms with E-state index < -0.39 is 17.0 Å². The third-order valence-corrected chi connectivity index (χ3v) is 8.00. The minimum atomic E-state index is -0.513. The van der Waals surface area contributed by atoms with Crippen LogP contribution in [0, 0.1) is 24.1 Å². The number of rotatable bonds is 7. The van der Waals surface area contributed by atoms with Crippen LogP contribution in [0.2, 0.25) is 0 Å². The van der Waals surface area contributed by atoms with Crippen molar-refractivity contribution in [2.45, 2.75) is 65.6 Å². The Labute approximate surface area is 267 Å². The number of hydrogen-bond acceptors (Lipinski definition) is 9. The smallest absolute Gasteiger partial charge is 0.349 e. The molecule has 2 aromatic heterocycles. The van der Waals surface area contributed by atoms with E-state index in [0.29, 0.717) is 60.7 Å². The Hall–Kier alpha value is -3.64. The van der Waals surface area contributed by atoms with Crippen molar-refractivity contribution in [3.05, 3.63) is 51.5 Å². The van der Waals surface area contributed by atoms with Crippen molar-refractivity contribution in [1.29, 1.82) is 5.26 Å². The van der Waals surface area contributed by atoms with Gasteiger partial charge in [0, 0.05) is 44.8 Å². The van der Waals surface area contributed by atoms with E-state index in [2.05, 4.69) is 41.5 Å². The van der Waals surface area contributed by atoms with Crippen molar-refractivity contribution in [2.24, 2.45) is 4.99 Å².